The minimum Gasteiger partial charge on any atom is -0.478 e. The molecule has 3 heteroatoms. The van der Waals surface area contributed by atoms with Crippen LogP contribution in [0.3, 0.4) is 0 Å². The summed E-state index contributed by atoms with van der Waals surface area (Å²) in [5.74, 6) is 0.371. The van der Waals surface area contributed by atoms with E-state index in [0.29, 0.717) is 12.2 Å². The molecule has 0 aliphatic carbocycles. The number of fused-ring (bicyclic) bond motifs is 1. The van der Waals surface area contributed by atoms with Gasteiger partial charge >= 0.3 is 5.97 Å². The first-order valence-electron chi connectivity index (χ1n) is 5.98. The Morgan fingerprint density at radius 2 is 1.89 bits per heavy atom. The molecule has 1 unspecified atom stereocenters. The molecule has 2 aromatic carbocycles. The Labute approximate surface area is 106 Å². The molecule has 0 fully saturated rings. The van der Waals surface area contributed by atoms with Gasteiger partial charge in [0.1, 0.15) is 5.75 Å². The highest BCUT2D eigenvalue weighted by atomic mass is 16.6. The van der Waals surface area contributed by atoms with E-state index in [2.05, 4.69) is 0 Å². The molecule has 0 amide bonds. The third-order valence-corrected chi connectivity index (χ3v) is 2.85. The monoisotopic (exact) mass is 244 g/mol. The van der Waals surface area contributed by atoms with Crippen LogP contribution in [0.15, 0.2) is 42.5 Å². The molecule has 0 radical (unpaired) electrons. The maximum absolute atomic E-state index is 11.5. The van der Waals surface area contributed by atoms with Crippen LogP contribution in [0.2, 0.25) is 0 Å². The Kier molecular flexibility index (Phi) is 3.82. The predicted octanol–water partition coefficient (Wildman–Crippen LogP) is 3.17. The van der Waals surface area contributed by atoms with Gasteiger partial charge in [-0.05, 0) is 17.9 Å². The average Bonchev–Trinajstić information content (AvgIpc) is 2.44. The maximum atomic E-state index is 11.5. The number of carbonyl (C=O) groups excluding carboxylic acids is 1. The summed E-state index contributed by atoms with van der Waals surface area (Å²) in [6.07, 6.45) is 0.0245. The van der Waals surface area contributed by atoms with Crippen LogP contribution in [0.25, 0.3) is 10.8 Å². The van der Waals surface area contributed by atoms with E-state index in [4.69, 9.17) is 9.47 Å². The van der Waals surface area contributed by atoms with E-state index in [1.807, 2.05) is 49.4 Å². The zero-order valence-corrected chi connectivity index (χ0v) is 10.6. The second-order valence-electron chi connectivity index (χ2n) is 4.02. The predicted molar refractivity (Wildman–Crippen MR) is 70.7 cm³/mol. The van der Waals surface area contributed by atoms with E-state index < -0.39 is 6.10 Å². The Morgan fingerprint density at radius 1 is 1.17 bits per heavy atom. The second kappa shape index (κ2) is 5.54. The Hall–Kier alpha value is -2.03. The van der Waals surface area contributed by atoms with E-state index in [9.17, 15) is 4.79 Å². The lowest BCUT2D eigenvalue weighted by Gasteiger charge is -2.16. The summed E-state index contributed by atoms with van der Waals surface area (Å²) in [7, 11) is 1.37. The summed E-state index contributed by atoms with van der Waals surface area (Å²) in [6.45, 7) is 1.90. The number of benzene rings is 2. The van der Waals surface area contributed by atoms with E-state index in [-0.39, 0.29) is 5.97 Å². The molecule has 0 saturated heterocycles. The lowest BCUT2D eigenvalue weighted by molar-refractivity contribution is -0.148. The summed E-state index contributed by atoms with van der Waals surface area (Å²) in [4.78, 5) is 11.5. The molecule has 0 aliphatic rings. The molecule has 0 heterocycles. The fraction of sp³-hybridized carbons (Fsp3) is 0.267. The van der Waals surface area contributed by atoms with Gasteiger partial charge in [-0.2, -0.15) is 0 Å². The topological polar surface area (TPSA) is 35.5 Å². The smallest absolute Gasteiger partial charge is 0.347 e. The Bertz CT molecular complexity index is 543. The van der Waals surface area contributed by atoms with E-state index >= 15 is 0 Å². The molecule has 0 bridgehead atoms. The van der Waals surface area contributed by atoms with Gasteiger partial charge in [-0.3, -0.25) is 0 Å². The molecule has 2 rings (SSSR count). The molecule has 0 N–H and O–H groups in total. The lowest BCUT2D eigenvalue weighted by atomic mass is 10.1. The summed E-state index contributed by atoms with van der Waals surface area (Å²) in [5.41, 5.74) is 0. The lowest BCUT2D eigenvalue weighted by Crippen LogP contribution is -2.27. The van der Waals surface area contributed by atoms with Crippen molar-refractivity contribution in [1.82, 2.24) is 0 Å². The van der Waals surface area contributed by atoms with Crippen LogP contribution in [-0.2, 0) is 9.53 Å². The molecule has 3 nitrogen and oxygen atoms in total. The highest BCUT2D eigenvalue weighted by Gasteiger charge is 2.19. The van der Waals surface area contributed by atoms with Crippen molar-refractivity contribution in [2.45, 2.75) is 19.4 Å². The van der Waals surface area contributed by atoms with Crippen molar-refractivity contribution in [3.05, 3.63) is 42.5 Å². The standard InChI is InChI=1S/C15H16O3/c1-3-13(15(16)17-2)18-14-10-6-8-11-7-4-5-9-12(11)14/h4-10,13H,3H2,1-2H3. The molecule has 2 aromatic rings. The van der Waals surface area contributed by atoms with Gasteiger partial charge < -0.3 is 9.47 Å². The van der Waals surface area contributed by atoms with Crippen LogP contribution < -0.4 is 4.74 Å². The Morgan fingerprint density at radius 3 is 2.61 bits per heavy atom. The van der Waals surface area contributed by atoms with E-state index in [0.717, 1.165) is 10.8 Å². The molecule has 0 spiro atoms. The van der Waals surface area contributed by atoms with Gasteiger partial charge in [0.2, 0.25) is 0 Å². The van der Waals surface area contributed by atoms with Crippen molar-refractivity contribution < 1.29 is 14.3 Å². The maximum Gasteiger partial charge on any atom is 0.347 e. The number of hydrogen-bond donors (Lipinski definition) is 0. The van der Waals surface area contributed by atoms with Crippen molar-refractivity contribution in [3.8, 4) is 5.75 Å². The third-order valence-electron chi connectivity index (χ3n) is 2.85. The largest absolute Gasteiger partial charge is 0.478 e. The average molecular weight is 244 g/mol. The first-order chi connectivity index (χ1) is 8.76. The van der Waals surface area contributed by atoms with Crippen molar-refractivity contribution in [3.63, 3.8) is 0 Å². The van der Waals surface area contributed by atoms with Gasteiger partial charge in [-0.1, -0.05) is 43.3 Å². The number of ether oxygens (including phenoxy) is 2. The fourth-order valence-electron chi connectivity index (χ4n) is 1.88. The van der Waals surface area contributed by atoms with Crippen molar-refractivity contribution in [1.29, 1.82) is 0 Å². The number of rotatable bonds is 4. The van der Waals surface area contributed by atoms with Crippen molar-refractivity contribution in [2.75, 3.05) is 7.11 Å². The summed E-state index contributed by atoms with van der Waals surface area (Å²) in [5, 5.41) is 2.09. The SMILES string of the molecule is CCC(Oc1cccc2ccccc12)C(=O)OC. The fourth-order valence-corrected chi connectivity index (χ4v) is 1.88. The van der Waals surface area contributed by atoms with Gasteiger partial charge in [0.05, 0.1) is 7.11 Å². The van der Waals surface area contributed by atoms with Crippen LogP contribution in [0.5, 0.6) is 5.75 Å². The normalized spacial score (nSPS) is 12.1. The van der Waals surface area contributed by atoms with Crippen molar-refractivity contribution >= 4 is 16.7 Å². The summed E-state index contributed by atoms with van der Waals surface area (Å²) < 4.78 is 10.5. The zero-order valence-electron chi connectivity index (χ0n) is 10.6. The van der Waals surface area contributed by atoms with Crippen LogP contribution in [0.1, 0.15) is 13.3 Å². The van der Waals surface area contributed by atoms with Gasteiger partial charge in [-0.15, -0.1) is 0 Å². The number of esters is 1. The van der Waals surface area contributed by atoms with Gasteiger partial charge in [0, 0.05) is 5.39 Å². The molecule has 0 aromatic heterocycles. The quantitative estimate of drug-likeness (QED) is 0.775. The molecule has 94 valence electrons. The zero-order chi connectivity index (χ0) is 13.0. The number of carbonyl (C=O) groups is 1. The molecular weight excluding hydrogens is 228 g/mol. The highest BCUT2D eigenvalue weighted by molar-refractivity contribution is 5.88. The third kappa shape index (κ3) is 2.45. The van der Waals surface area contributed by atoms with Gasteiger partial charge in [-0.25, -0.2) is 4.79 Å². The minimum absolute atomic E-state index is 0.342. The van der Waals surface area contributed by atoms with Crippen LogP contribution in [0.4, 0.5) is 0 Å². The molecule has 0 aliphatic heterocycles. The number of hydrogen-bond acceptors (Lipinski definition) is 3. The molecule has 18 heavy (non-hydrogen) atoms. The van der Waals surface area contributed by atoms with Gasteiger partial charge in [0.15, 0.2) is 6.10 Å². The summed E-state index contributed by atoms with van der Waals surface area (Å²) >= 11 is 0. The van der Waals surface area contributed by atoms with Crippen LogP contribution in [0, 0.1) is 0 Å². The first kappa shape index (κ1) is 12.4. The summed E-state index contributed by atoms with van der Waals surface area (Å²) in [6, 6.07) is 13.7. The first-order valence-corrected chi connectivity index (χ1v) is 5.98. The highest BCUT2D eigenvalue weighted by Crippen LogP contribution is 2.26. The minimum atomic E-state index is -0.555. The molecule has 0 saturated carbocycles. The number of methoxy groups -OCH3 is 1. The van der Waals surface area contributed by atoms with Gasteiger partial charge in [0.25, 0.3) is 0 Å². The van der Waals surface area contributed by atoms with E-state index in [1.54, 1.807) is 0 Å². The molecular formula is C15H16O3. The Balaban J connectivity index is 2.33. The van der Waals surface area contributed by atoms with Crippen LogP contribution in [-0.4, -0.2) is 19.2 Å². The van der Waals surface area contributed by atoms with E-state index in [1.165, 1.54) is 7.11 Å². The molecule has 1 atom stereocenters. The van der Waals surface area contributed by atoms with Crippen LogP contribution >= 0.6 is 0 Å². The van der Waals surface area contributed by atoms with Crippen molar-refractivity contribution in [2.24, 2.45) is 0 Å². The second-order valence-corrected chi connectivity index (χ2v) is 4.02.